The second-order valence-corrected chi connectivity index (χ2v) is 6.79. The highest BCUT2D eigenvalue weighted by Crippen LogP contribution is 2.32. The minimum Gasteiger partial charge on any atom is -0.480 e. The predicted octanol–water partition coefficient (Wildman–Crippen LogP) is 3.13. The van der Waals surface area contributed by atoms with Gasteiger partial charge in [0.2, 0.25) is 0 Å². The average Bonchev–Trinajstić information content (AvgIpc) is 3.05. The fraction of sp³-hybridized carbons (Fsp3) is 0.316. The summed E-state index contributed by atoms with van der Waals surface area (Å²) in [5.74, 6) is 0.523. The molecule has 1 amide bonds. The second kappa shape index (κ2) is 6.56. The Morgan fingerprint density at radius 2 is 1.80 bits per heavy atom. The van der Waals surface area contributed by atoms with Crippen LogP contribution in [0.1, 0.15) is 5.56 Å². The lowest BCUT2D eigenvalue weighted by Gasteiger charge is -2.37. The number of benzene rings is 2. The standard InChI is InChI=1S/C19H18ClFN2O2/c20-14-1-6-17-13(11-14)12-18(25-17)19(24)23-9-7-22(8-10-23)16-4-2-15(21)3-5-16/h1-6,11,18H,7-10,12H2/t18-/m1/s1. The van der Waals surface area contributed by atoms with Crippen LogP contribution in [0.3, 0.4) is 0 Å². The van der Waals surface area contributed by atoms with Gasteiger partial charge in [0.25, 0.3) is 5.91 Å². The number of rotatable bonds is 2. The van der Waals surface area contributed by atoms with Crippen LogP contribution in [0.4, 0.5) is 10.1 Å². The average molecular weight is 361 g/mol. The SMILES string of the molecule is O=C([C@H]1Cc2cc(Cl)ccc2O1)N1CCN(c2ccc(F)cc2)CC1. The Hall–Kier alpha value is -2.27. The van der Waals surface area contributed by atoms with Gasteiger partial charge in [-0.25, -0.2) is 4.39 Å². The van der Waals surface area contributed by atoms with E-state index in [-0.39, 0.29) is 11.7 Å². The molecule has 130 valence electrons. The molecular weight excluding hydrogens is 343 g/mol. The summed E-state index contributed by atoms with van der Waals surface area (Å²) in [5.41, 5.74) is 1.96. The summed E-state index contributed by atoms with van der Waals surface area (Å²) in [6, 6.07) is 11.9. The zero-order valence-corrected chi connectivity index (χ0v) is 14.4. The summed E-state index contributed by atoms with van der Waals surface area (Å²) in [6.07, 6.45) is 0.0956. The van der Waals surface area contributed by atoms with Gasteiger partial charge < -0.3 is 14.5 Å². The summed E-state index contributed by atoms with van der Waals surface area (Å²) in [7, 11) is 0. The number of fused-ring (bicyclic) bond motifs is 1. The molecule has 1 saturated heterocycles. The van der Waals surface area contributed by atoms with E-state index < -0.39 is 6.10 Å². The van der Waals surface area contributed by atoms with Crippen molar-refractivity contribution >= 4 is 23.2 Å². The van der Waals surface area contributed by atoms with Crippen LogP contribution in [0.5, 0.6) is 5.75 Å². The molecule has 0 radical (unpaired) electrons. The fourth-order valence-corrected chi connectivity index (χ4v) is 3.59. The number of carbonyl (C=O) groups excluding carboxylic acids is 1. The van der Waals surface area contributed by atoms with Gasteiger partial charge in [-0.1, -0.05) is 11.6 Å². The topological polar surface area (TPSA) is 32.8 Å². The van der Waals surface area contributed by atoms with E-state index in [9.17, 15) is 9.18 Å². The van der Waals surface area contributed by atoms with Gasteiger partial charge in [-0.15, -0.1) is 0 Å². The lowest BCUT2D eigenvalue weighted by Crippen LogP contribution is -2.52. The highest BCUT2D eigenvalue weighted by atomic mass is 35.5. The van der Waals surface area contributed by atoms with E-state index >= 15 is 0 Å². The predicted molar refractivity (Wildman–Crippen MR) is 94.8 cm³/mol. The van der Waals surface area contributed by atoms with E-state index in [0.717, 1.165) is 30.1 Å². The van der Waals surface area contributed by atoms with Gasteiger partial charge in [0, 0.05) is 43.3 Å². The van der Waals surface area contributed by atoms with Gasteiger partial charge in [-0.05, 0) is 48.0 Å². The number of carbonyl (C=O) groups is 1. The maximum absolute atomic E-state index is 13.0. The van der Waals surface area contributed by atoms with E-state index in [2.05, 4.69) is 4.90 Å². The molecule has 4 rings (SSSR count). The first-order valence-corrected chi connectivity index (χ1v) is 8.72. The van der Waals surface area contributed by atoms with Crippen LogP contribution in [0.15, 0.2) is 42.5 Å². The first-order valence-electron chi connectivity index (χ1n) is 8.34. The largest absolute Gasteiger partial charge is 0.480 e. The molecular formula is C19H18ClFN2O2. The molecule has 0 unspecified atom stereocenters. The third-order valence-electron chi connectivity index (χ3n) is 4.76. The Morgan fingerprint density at radius 1 is 1.08 bits per heavy atom. The minimum atomic E-state index is -0.467. The van der Waals surface area contributed by atoms with Gasteiger partial charge in [-0.3, -0.25) is 4.79 Å². The number of halogens is 2. The Labute approximate surface area is 150 Å². The van der Waals surface area contributed by atoms with Crippen LogP contribution in [-0.2, 0) is 11.2 Å². The number of hydrogen-bond acceptors (Lipinski definition) is 3. The fourth-order valence-electron chi connectivity index (χ4n) is 3.40. The van der Waals surface area contributed by atoms with Gasteiger partial charge in [0.05, 0.1) is 0 Å². The Bertz CT molecular complexity index is 789. The van der Waals surface area contributed by atoms with Crippen molar-refractivity contribution in [3.63, 3.8) is 0 Å². The maximum Gasteiger partial charge on any atom is 0.264 e. The van der Waals surface area contributed by atoms with E-state index in [4.69, 9.17) is 16.3 Å². The van der Waals surface area contributed by atoms with E-state index in [1.54, 1.807) is 18.2 Å². The van der Waals surface area contributed by atoms with Crippen LogP contribution < -0.4 is 9.64 Å². The first kappa shape index (κ1) is 16.2. The zero-order valence-electron chi connectivity index (χ0n) is 13.6. The van der Waals surface area contributed by atoms with Crippen LogP contribution in [-0.4, -0.2) is 43.1 Å². The number of piperazine rings is 1. The molecule has 0 bridgehead atoms. The van der Waals surface area contributed by atoms with Gasteiger partial charge >= 0.3 is 0 Å². The number of hydrogen-bond donors (Lipinski definition) is 0. The molecule has 2 heterocycles. The van der Waals surface area contributed by atoms with Crippen molar-refractivity contribution in [2.24, 2.45) is 0 Å². The highest BCUT2D eigenvalue weighted by molar-refractivity contribution is 6.30. The number of ether oxygens (including phenoxy) is 1. The molecule has 2 aliphatic rings. The Balaban J connectivity index is 1.37. The molecule has 1 atom stereocenters. The van der Waals surface area contributed by atoms with Crippen molar-refractivity contribution in [1.82, 2.24) is 4.90 Å². The monoisotopic (exact) mass is 360 g/mol. The van der Waals surface area contributed by atoms with Gasteiger partial charge in [-0.2, -0.15) is 0 Å². The first-order chi connectivity index (χ1) is 12.1. The molecule has 25 heavy (non-hydrogen) atoms. The van der Waals surface area contributed by atoms with Crippen molar-refractivity contribution in [3.05, 3.63) is 58.9 Å². The van der Waals surface area contributed by atoms with E-state index in [0.29, 0.717) is 24.5 Å². The van der Waals surface area contributed by atoms with Crippen molar-refractivity contribution < 1.29 is 13.9 Å². The van der Waals surface area contributed by atoms with Crippen molar-refractivity contribution in [2.45, 2.75) is 12.5 Å². The van der Waals surface area contributed by atoms with Gasteiger partial charge in [0.15, 0.2) is 6.10 Å². The molecule has 6 heteroatoms. The molecule has 2 aromatic rings. The highest BCUT2D eigenvalue weighted by Gasteiger charge is 2.33. The number of anilines is 1. The van der Waals surface area contributed by atoms with Crippen molar-refractivity contribution in [3.8, 4) is 5.75 Å². The van der Waals surface area contributed by atoms with Crippen molar-refractivity contribution in [1.29, 1.82) is 0 Å². The summed E-state index contributed by atoms with van der Waals surface area (Å²) in [4.78, 5) is 16.7. The summed E-state index contributed by atoms with van der Waals surface area (Å²) >= 11 is 6.00. The van der Waals surface area contributed by atoms with E-state index in [1.165, 1.54) is 12.1 Å². The van der Waals surface area contributed by atoms with E-state index in [1.807, 2.05) is 17.0 Å². The third kappa shape index (κ3) is 3.29. The van der Waals surface area contributed by atoms with Crippen LogP contribution in [0.25, 0.3) is 0 Å². The quantitative estimate of drug-likeness (QED) is 0.825. The molecule has 0 N–H and O–H groups in total. The van der Waals surface area contributed by atoms with Crippen molar-refractivity contribution in [2.75, 3.05) is 31.1 Å². The Morgan fingerprint density at radius 3 is 2.52 bits per heavy atom. The summed E-state index contributed by atoms with van der Waals surface area (Å²) in [5, 5.41) is 0.656. The van der Waals surface area contributed by atoms with Crippen LogP contribution in [0, 0.1) is 5.82 Å². The molecule has 0 saturated carbocycles. The normalized spacial score (nSPS) is 19.5. The lowest BCUT2D eigenvalue weighted by atomic mass is 10.1. The minimum absolute atomic E-state index is 0.0195. The number of amides is 1. The van der Waals surface area contributed by atoms with Crippen LogP contribution in [0.2, 0.25) is 5.02 Å². The number of nitrogens with zero attached hydrogens (tertiary/aromatic N) is 2. The molecule has 0 aliphatic carbocycles. The Kier molecular flexibility index (Phi) is 4.25. The smallest absolute Gasteiger partial charge is 0.264 e. The molecule has 0 spiro atoms. The second-order valence-electron chi connectivity index (χ2n) is 6.35. The summed E-state index contributed by atoms with van der Waals surface area (Å²) in [6.45, 7) is 2.71. The molecule has 2 aromatic carbocycles. The lowest BCUT2D eigenvalue weighted by molar-refractivity contribution is -0.138. The molecule has 2 aliphatic heterocycles. The zero-order chi connectivity index (χ0) is 17.4. The van der Waals surface area contributed by atoms with Crippen LogP contribution >= 0.6 is 11.6 Å². The van der Waals surface area contributed by atoms with Gasteiger partial charge in [0.1, 0.15) is 11.6 Å². The maximum atomic E-state index is 13.0. The molecule has 1 fully saturated rings. The summed E-state index contributed by atoms with van der Waals surface area (Å²) < 4.78 is 18.8. The third-order valence-corrected chi connectivity index (χ3v) is 4.99. The molecule has 0 aromatic heterocycles. The molecule has 4 nitrogen and oxygen atoms in total.